The van der Waals surface area contributed by atoms with E-state index in [4.69, 9.17) is 9.47 Å². The molecule has 20 heavy (non-hydrogen) atoms. The fourth-order valence-corrected chi connectivity index (χ4v) is 2.09. The van der Waals surface area contributed by atoms with E-state index in [0.29, 0.717) is 30.3 Å². The van der Waals surface area contributed by atoms with Gasteiger partial charge in [0.25, 0.3) is 5.91 Å². The number of aryl methyl sites for hydroxylation is 1. The zero-order chi connectivity index (χ0) is 15.2. The van der Waals surface area contributed by atoms with Crippen LogP contribution in [0, 0.1) is 6.92 Å². The molecule has 0 fully saturated rings. The second kappa shape index (κ2) is 7.24. The summed E-state index contributed by atoms with van der Waals surface area (Å²) in [5.74, 6) is 0.387. The Kier molecular flexibility index (Phi) is 5.95. The molecule has 0 radical (unpaired) electrons. The molecule has 1 N–H and O–H groups in total. The van der Waals surface area contributed by atoms with E-state index >= 15 is 0 Å². The highest BCUT2D eigenvalue weighted by molar-refractivity contribution is 5.97. The standard InChI is InChI=1S/C15H24N2O3/c1-6-10-15(4,20-7-2)14(18)17-12-8-9-13(19-5)16-11(12)3/h8-9H,6-7,10H2,1-5H3,(H,17,18)/t15-/m0/s1. The van der Waals surface area contributed by atoms with Crippen molar-refractivity contribution in [3.05, 3.63) is 17.8 Å². The molecular formula is C15H24N2O3. The monoisotopic (exact) mass is 280 g/mol. The van der Waals surface area contributed by atoms with Crippen LogP contribution in [0.15, 0.2) is 12.1 Å². The minimum absolute atomic E-state index is 0.142. The Bertz CT molecular complexity index is 454. The maximum atomic E-state index is 12.4. The van der Waals surface area contributed by atoms with Crippen LogP contribution in [-0.4, -0.2) is 30.2 Å². The lowest BCUT2D eigenvalue weighted by molar-refractivity contribution is -0.139. The summed E-state index contributed by atoms with van der Waals surface area (Å²) in [4.78, 5) is 16.7. The molecule has 1 aromatic heterocycles. The number of ether oxygens (including phenoxy) is 2. The third-order valence-electron chi connectivity index (χ3n) is 3.19. The van der Waals surface area contributed by atoms with Crippen molar-refractivity contribution >= 4 is 11.6 Å². The van der Waals surface area contributed by atoms with Gasteiger partial charge >= 0.3 is 0 Å². The van der Waals surface area contributed by atoms with Gasteiger partial charge in [-0.15, -0.1) is 0 Å². The summed E-state index contributed by atoms with van der Waals surface area (Å²) in [6.45, 7) is 8.08. The first-order chi connectivity index (χ1) is 9.46. The molecule has 0 bridgehead atoms. The van der Waals surface area contributed by atoms with Gasteiger partial charge in [-0.3, -0.25) is 4.79 Å². The van der Waals surface area contributed by atoms with Gasteiger partial charge in [-0.1, -0.05) is 13.3 Å². The molecule has 0 saturated carbocycles. The van der Waals surface area contributed by atoms with Gasteiger partial charge in [0.1, 0.15) is 5.60 Å². The molecule has 1 atom stereocenters. The van der Waals surface area contributed by atoms with Gasteiger partial charge in [-0.05, 0) is 33.3 Å². The van der Waals surface area contributed by atoms with Gasteiger partial charge in [0.05, 0.1) is 18.5 Å². The predicted molar refractivity (Wildman–Crippen MR) is 79.1 cm³/mol. The van der Waals surface area contributed by atoms with Crippen molar-refractivity contribution < 1.29 is 14.3 Å². The molecule has 1 heterocycles. The van der Waals surface area contributed by atoms with Gasteiger partial charge in [0.15, 0.2) is 0 Å². The van der Waals surface area contributed by atoms with E-state index in [-0.39, 0.29) is 5.91 Å². The molecular weight excluding hydrogens is 256 g/mol. The molecule has 0 spiro atoms. The Morgan fingerprint density at radius 1 is 1.40 bits per heavy atom. The van der Waals surface area contributed by atoms with Crippen LogP contribution >= 0.6 is 0 Å². The van der Waals surface area contributed by atoms with Crippen LogP contribution in [0.5, 0.6) is 5.88 Å². The molecule has 0 aliphatic heterocycles. The number of carbonyl (C=O) groups is 1. The number of aromatic nitrogens is 1. The summed E-state index contributed by atoms with van der Waals surface area (Å²) in [5.41, 5.74) is 0.585. The first-order valence-electron chi connectivity index (χ1n) is 6.93. The van der Waals surface area contributed by atoms with Crippen molar-refractivity contribution in [2.45, 2.75) is 46.1 Å². The number of hydrogen-bond acceptors (Lipinski definition) is 4. The maximum absolute atomic E-state index is 12.4. The van der Waals surface area contributed by atoms with Crippen LogP contribution < -0.4 is 10.1 Å². The molecule has 5 nitrogen and oxygen atoms in total. The maximum Gasteiger partial charge on any atom is 0.256 e. The van der Waals surface area contributed by atoms with Crippen molar-refractivity contribution in [3.63, 3.8) is 0 Å². The molecule has 0 aliphatic rings. The molecule has 0 saturated heterocycles. The second-order valence-electron chi connectivity index (χ2n) is 4.85. The first kappa shape index (κ1) is 16.4. The zero-order valence-corrected chi connectivity index (χ0v) is 12.9. The largest absolute Gasteiger partial charge is 0.481 e. The highest BCUT2D eigenvalue weighted by Gasteiger charge is 2.33. The SMILES string of the molecule is CCC[C@](C)(OCC)C(=O)Nc1ccc(OC)nc1C. The highest BCUT2D eigenvalue weighted by atomic mass is 16.5. The molecule has 0 aromatic carbocycles. The Hall–Kier alpha value is -1.62. The van der Waals surface area contributed by atoms with Crippen molar-refractivity contribution in [1.29, 1.82) is 0 Å². The molecule has 0 aliphatic carbocycles. The zero-order valence-electron chi connectivity index (χ0n) is 12.9. The molecule has 0 unspecified atom stereocenters. The molecule has 5 heteroatoms. The minimum Gasteiger partial charge on any atom is -0.481 e. The fraction of sp³-hybridized carbons (Fsp3) is 0.600. The summed E-state index contributed by atoms with van der Waals surface area (Å²) < 4.78 is 10.7. The van der Waals surface area contributed by atoms with E-state index in [1.807, 2.05) is 27.7 Å². The smallest absolute Gasteiger partial charge is 0.256 e. The van der Waals surface area contributed by atoms with Crippen molar-refractivity contribution in [3.8, 4) is 5.88 Å². The normalized spacial score (nSPS) is 13.7. The molecule has 1 rings (SSSR count). The third kappa shape index (κ3) is 3.93. The quantitative estimate of drug-likeness (QED) is 0.834. The Balaban J connectivity index is 2.88. The lowest BCUT2D eigenvalue weighted by atomic mass is 9.99. The number of pyridine rings is 1. The van der Waals surface area contributed by atoms with E-state index in [2.05, 4.69) is 10.3 Å². The van der Waals surface area contributed by atoms with Gasteiger partial charge in [0.2, 0.25) is 5.88 Å². The van der Waals surface area contributed by atoms with E-state index < -0.39 is 5.60 Å². The Morgan fingerprint density at radius 3 is 2.60 bits per heavy atom. The fourth-order valence-electron chi connectivity index (χ4n) is 2.09. The summed E-state index contributed by atoms with van der Waals surface area (Å²) in [6.07, 6.45) is 1.55. The minimum atomic E-state index is -0.810. The van der Waals surface area contributed by atoms with E-state index in [9.17, 15) is 4.79 Å². The Morgan fingerprint density at radius 2 is 2.10 bits per heavy atom. The van der Waals surface area contributed by atoms with Crippen LogP contribution in [0.4, 0.5) is 5.69 Å². The number of nitrogens with zero attached hydrogens (tertiary/aromatic N) is 1. The lowest BCUT2D eigenvalue weighted by Gasteiger charge is -2.28. The average molecular weight is 280 g/mol. The summed E-state index contributed by atoms with van der Waals surface area (Å²) in [7, 11) is 1.56. The first-order valence-corrected chi connectivity index (χ1v) is 6.93. The van der Waals surface area contributed by atoms with Crippen molar-refractivity contribution in [1.82, 2.24) is 4.98 Å². The summed E-state index contributed by atoms with van der Waals surface area (Å²) in [6, 6.07) is 3.51. The second-order valence-corrected chi connectivity index (χ2v) is 4.85. The van der Waals surface area contributed by atoms with Crippen LogP contribution in [-0.2, 0) is 9.53 Å². The van der Waals surface area contributed by atoms with Crippen LogP contribution in [0.2, 0.25) is 0 Å². The van der Waals surface area contributed by atoms with E-state index in [0.717, 1.165) is 6.42 Å². The summed E-state index contributed by atoms with van der Waals surface area (Å²) in [5, 5.41) is 2.89. The number of amides is 1. The molecule has 1 amide bonds. The molecule has 112 valence electrons. The van der Waals surface area contributed by atoms with Crippen LogP contribution in [0.25, 0.3) is 0 Å². The van der Waals surface area contributed by atoms with Gasteiger partial charge in [0, 0.05) is 12.7 Å². The van der Waals surface area contributed by atoms with Gasteiger partial charge in [-0.25, -0.2) is 4.98 Å². The Labute approximate surface area is 120 Å². The number of nitrogens with one attached hydrogen (secondary N) is 1. The van der Waals surface area contributed by atoms with Gasteiger partial charge in [-0.2, -0.15) is 0 Å². The third-order valence-corrected chi connectivity index (χ3v) is 3.19. The topological polar surface area (TPSA) is 60.5 Å². The summed E-state index contributed by atoms with van der Waals surface area (Å²) >= 11 is 0. The van der Waals surface area contributed by atoms with Crippen LogP contribution in [0.3, 0.4) is 0 Å². The molecule has 1 aromatic rings. The van der Waals surface area contributed by atoms with E-state index in [1.54, 1.807) is 19.2 Å². The number of anilines is 1. The number of rotatable bonds is 7. The number of carbonyl (C=O) groups excluding carboxylic acids is 1. The lowest BCUT2D eigenvalue weighted by Crippen LogP contribution is -2.42. The van der Waals surface area contributed by atoms with Gasteiger partial charge < -0.3 is 14.8 Å². The number of hydrogen-bond donors (Lipinski definition) is 1. The number of methoxy groups -OCH3 is 1. The highest BCUT2D eigenvalue weighted by Crippen LogP contribution is 2.23. The van der Waals surface area contributed by atoms with E-state index in [1.165, 1.54) is 0 Å². The van der Waals surface area contributed by atoms with Crippen LogP contribution in [0.1, 0.15) is 39.3 Å². The average Bonchev–Trinajstić information content (AvgIpc) is 2.41. The predicted octanol–water partition coefficient (Wildman–Crippen LogP) is 2.93. The van der Waals surface area contributed by atoms with Crippen molar-refractivity contribution in [2.24, 2.45) is 0 Å². The van der Waals surface area contributed by atoms with Crippen molar-refractivity contribution in [2.75, 3.05) is 19.0 Å².